The topological polar surface area (TPSA) is 52.6 Å². The molecule has 1 unspecified atom stereocenters. The summed E-state index contributed by atoms with van der Waals surface area (Å²) in [5.74, 6) is 0.0579. The van der Waals surface area contributed by atoms with Crippen LogP contribution < -0.4 is 5.32 Å². The Morgan fingerprint density at radius 3 is 2.47 bits per heavy atom. The van der Waals surface area contributed by atoms with Gasteiger partial charge in [-0.15, -0.1) is 0 Å². The molecule has 1 amide bonds. The van der Waals surface area contributed by atoms with E-state index in [9.17, 15) is 4.79 Å². The average molecular weight is 216 g/mol. The molecular formula is C11H24N2O2. The number of rotatable bonds is 6. The summed E-state index contributed by atoms with van der Waals surface area (Å²) in [5, 5.41) is 12.3. The molecule has 0 aliphatic rings. The Morgan fingerprint density at radius 1 is 1.53 bits per heavy atom. The van der Waals surface area contributed by atoms with Crippen LogP contribution >= 0.6 is 0 Å². The number of amides is 1. The largest absolute Gasteiger partial charge is 0.394 e. The van der Waals surface area contributed by atoms with Crippen LogP contribution in [0.3, 0.4) is 0 Å². The number of carbonyl (C=O) groups excluding carboxylic acids is 1. The van der Waals surface area contributed by atoms with Crippen molar-refractivity contribution in [1.29, 1.82) is 0 Å². The van der Waals surface area contributed by atoms with Gasteiger partial charge in [0, 0.05) is 19.5 Å². The van der Waals surface area contributed by atoms with Crippen LogP contribution in [0.1, 0.15) is 34.1 Å². The van der Waals surface area contributed by atoms with Gasteiger partial charge in [-0.25, -0.2) is 0 Å². The van der Waals surface area contributed by atoms with Gasteiger partial charge in [-0.1, -0.05) is 6.92 Å². The summed E-state index contributed by atoms with van der Waals surface area (Å²) in [6.07, 6.45) is 0.466. The van der Waals surface area contributed by atoms with Gasteiger partial charge in [0.1, 0.15) is 0 Å². The minimum absolute atomic E-state index is 0.0230. The highest BCUT2D eigenvalue weighted by Gasteiger charge is 2.27. The van der Waals surface area contributed by atoms with Crippen LogP contribution in [0, 0.1) is 0 Å². The predicted octanol–water partition coefficient (Wildman–Crippen LogP) is 0.604. The van der Waals surface area contributed by atoms with Crippen molar-refractivity contribution >= 4 is 5.91 Å². The maximum absolute atomic E-state index is 11.8. The molecule has 1 atom stereocenters. The fourth-order valence-corrected chi connectivity index (χ4v) is 1.26. The third-order valence-electron chi connectivity index (χ3n) is 2.70. The van der Waals surface area contributed by atoms with Crippen molar-refractivity contribution in [2.75, 3.05) is 20.2 Å². The number of hydrogen-bond acceptors (Lipinski definition) is 3. The molecule has 0 rings (SSSR count). The fourth-order valence-electron chi connectivity index (χ4n) is 1.26. The zero-order chi connectivity index (χ0) is 12.1. The summed E-state index contributed by atoms with van der Waals surface area (Å²) in [6.45, 7) is 8.54. The number of likely N-dealkylation sites (N-methyl/N-ethyl adjacent to an activating group) is 1. The molecule has 0 saturated carbocycles. The van der Waals surface area contributed by atoms with E-state index in [1.165, 1.54) is 0 Å². The van der Waals surface area contributed by atoms with Crippen molar-refractivity contribution in [3.05, 3.63) is 0 Å². The standard InChI is InChI=1S/C11H24N2O2/c1-6-12-9(2)7-10(15)13(5)11(3,4)8-14/h9,12,14H,6-8H2,1-5H3. The van der Waals surface area contributed by atoms with Crippen LogP contribution in [0.5, 0.6) is 0 Å². The van der Waals surface area contributed by atoms with Crippen LogP contribution in [0.4, 0.5) is 0 Å². The average Bonchev–Trinajstić information content (AvgIpc) is 2.16. The van der Waals surface area contributed by atoms with Crippen molar-refractivity contribution < 1.29 is 9.90 Å². The summed E-state index contributed by atoms with van der Waals surface area (Å²) in [6, 6.07) is 0.180. The van der Waals surface area contributed by atoms with Crippen molar-refractivity contribution in [3.63, 3.8) is 0 Å². The Balaban J connectivity index is 4.21. The number of carbonyl (C=O) groups is 1. The van der Waals surface area contributed by atoms with E-state index < -0.39 is 5.54 Å². The maximum Gasteiger partial charge on any atom is 0.224 e. The maximum atomic E-state index is 11.8. The van der Waals surface area contributed by atoms with Gasteiger partial charge in [0.2, 0.25) is 5.91 Å². The van der Waals surface area contributed by atoms with Crippen molar-refractivity contribution in [3.8, 4) is 0 Å². The van der Waals surface area contributed by atoms with Gasteiger partial charge in [-0.05, 0) is 27.3 Å². The Kier molecular flexibility index (Phi) is 5.83. The summed E-state index contributed by atoms with van der Waals surface area (Å²) in [5.41, 5.74) is -0.483. The molecule has 0 aromatic carbocycles. The van der Waals surface area contributed by atoms with Gasteiger partial charge in [0.05, 0.1) is 12.1 Å². The highest BCUT2D eigenvalue weighted by molar-refractivity contribution is 5.77. The van der Waals surface area contributed by atoms with Crippen LogP contribution in [0.25, 0.3) is 0 Å². The van der Waals surface area contributed by atoms with Gasteiger partial charge in [0.25, 0.3) is 0 Å². The minimum Gasteiger partial charge on any atom is -0.394 e. The fraction of sp³-hybridized carbons (Fsp3) is 0.909. The molecule has 0 bridgehead atoms. The second kappa shape index (κ2) is 6.08. The van der Waals surface area contributed by atoms with E-state index in [1.807, 2.05) is 27.7 Å². The molecule has 0 fully saturated rings. The number of hydrogen-bond donors (Lipinski definition) is 2. The second-order valence-electron chi connectivity index (χ2n) is 4.59. The first-order valence-corrected chi connectivity index (χ1v) is 5.46. The third-order valence-corrected chi connectivity index (χ3v) is 2.70. The molecule has 0 saturated heterocycles. The SMILES string of the molecule is CCNC(C)CC(=O)N(C)C(C)(C)CO. The molecule has 0 aliphatic heterocycles. The van der Waals surface area contributed by atoms with Crippen LogP contribution in [0.15, 0.2) is 0 Å². The highest BCUT2D eigenvalue weighted by Crippen LogP contribution is 2.12. The molecule has 15 heavy (non-hydrogen) atoms. The Hall–Kier alpha value is -0.610. The lowest BCUT2D eigenvalue weighted by Crippen LogP contribution is -2.49. The van der Waals surface area contributed by atoms with Crippen LogP contribution in [0.2, 0.25) is 0 Å². The molecule has 0 radical (unpaired) electrons. The monoisotopic (exact) mass is 216 g/mol. The quantitative estimate of drug-likeness (QED) is 0.684. The van der Waals surface area contributed by atoms with E-state index in [0.717, 1.165) is 6.54 Å². The first-order chi connectivity index (χ1) is 6.85. The molecule has 90 valence electrons. The molecule has 0 aromatic heterocycles. The summed E-state index contributed by atoms with van der Waals surface area (Å²) < 4.78 is 0. The number of aliphatic hydroxyl groups is 1. The lowest BCUT2D eigenvalue weighted by atomic mass is 10.0. The minimum atomic E-state index is -0.483. The van der Waals surface area contributed by atoms with Crippen LogP contribution in [-0.2, 0) is 4.79 Å². The lowest BCUT2D eigenvalue weighted by Gasteiger charge is -2.34. The Labute approximate surface area is 92.7 Å². The van der Waals surface area contributed by atoms with Gasteiger partial charge in [-0.2, -0.15) is 0 Å². The van der Waals surface area contributed by atoms with Crippen molar-refractivity contribution in [2.45, 2.75) is 45.7 Å². The third kappa shape index (κ3) is 4.62. The van der Waals surface area contributed by atoms with Crippen molar-refractivity contribution in [1.82, 2.24) is 10.2 Å². The number of nitrogens with zero attached hydrogens (tertiary/aromatic N) is 1. The molecule has 0 aromatic rings. The molecule has 0 heterocycles. The normalized spacial score (nSPS) is 13.7. The molecule has 0 spiro atoms. The van der Waals surface area contributed by atoms with Crippen LogP contribution in [-0.4, -0.2) is 47.7 Å². The summed E-state index contributed by atoms with van der Waals surface area (Å²) in [4.78, 5) is 13.4. The molecular weight excluding hydrogens is 192 g/mol. The number of aliphatic hydroxyl groups excluding tert-OH is 1. The Morgan fingerprint density at radius 2 is 2.07 bits per heavy atom. The molecule has 0 aliphatic carbocycles. The predicted molar refractivity (Wildman–Crippen MR) is 61.7 cm³/mol. The van der Waals surface area contributed by atoms with E-state index in [2.05, 4.69) is 5.32 Å². The van der Waals surface area contributed by atoms with Gasteiger partial charge < -0.3 is 15.3 Å². The second-order valence-corrected chi connectivity index (χ2v) is 4.59. The van der Waals surface area contributed by atoms with E-state index in [-0.39, 0.29) is 18.6 Å². The zero-order valence-electron chi connectivity index (χ0n) is 10.5. The van der Waals surface area contributed by atoms with Gasteiger partial charge in [0.15, 0.2) is 0 Å². The first-order valence-electron chi connectivity index (χ1n) is 5.46. The highest BCUT2D eigenvalue weighted by atomic mass is 16.3. The smallest absolute Gasteiger partial charge is 0.224 e. The molecule has 4 nitrogen and oxygen atoms in total. The molecule has 4 heteroatoms. The van der Waals surface area contributed by atoms with Gasteiger partial charge >= 0.3 is 0 Å². The lowest BCUT2D eigenvalue weighted by molar-refractivity contribution is -0.136. The summed E-state index contributed by atoms with van der Waals surface area (Å²) >= 11 is 0. The Bertz CT molecular complexity index is 205. The zero-order valence-corrected chi connectivity index (χ0v) is 10.5. The first kappa shape index (κ1) is 14.4. The van der Waals surface area contributed by atoms with E-state index in [1.54, 1.807) is 11.9 Å². The molecule has 2 N–H and O–H groups in total. The van der Waals surface area contributed by atoms with E-state index in [4.69, 9.17) is 5.11 Å². The van der Waals surface area contributed by atoms with E-state index >= 15 is 0 Å². The summed E-state index contributed by atoms with van der Waals surface area (Å²) in [7, 11) is 1.73. The van der Waals surface area contributed by atoms with Crippen molar-refractivity contribution in [2.24, 2.45) is 0 Å². The number of nitrogens with one attached hydrogen (secondary N) is 1. The van der Waals surface area contributed by atoms with Gasteiger partial charge in [-0.3, -0.25) is 4.79 Å². The van der Waals surface area contributed by atoms with E-state index in [0.29, 0.717) is 6.42 Å².